The quantitative estimate of drug-likeness (QED) is 0.430. The molecule has 0 aromatic heterocycles. The van der Waals surface area contributed by atoms with Gasteiger partial charge in [-0.05, 0) is 33.7 Å². The number of allylic oxidation sites excluding steroid dienone is 4. The van der Waals surface area contributed by atoms with Crippen molar-refractivity contribution in [2.75, 3.05) is 0 Å². The van der Waals surface area contributed by atoms with Crippen LogP contribution in [-0.4, -0.2) is 10.5 Å². The summed E-state index contributed by atoms with van der Waals surface area (Å²) in [5, 5.41) is 2.47. The Morgan fingerprint density at radius 2 is 1.87 bits per heavy atom. The van der Waals surface area contributed by atoms with Crippen LogP contribution >= 0.6 is 0 Å². The van der Waals surface area contributed by atoms with Crippen LogP contribution in [0.1, 0.15) is 0 Å². The van der Waals surface area contributed by atoms with Crippen molar-refractivity contribution in [3.63, 3.8) is 0 Å². The molecule has 3 rings (SSSR count). The molecule has 0 amide bonds. The van der Waals surface area contributed by atoms with Gasteiger partial charge in [-0.15, -0.1) is 0 Å². The lowest BCUT2D eigenvalue weighted by molar-refractivity contribution is -0.00156. The SMILES string of the molecule is [N-]=[N+]=C1C=CC2=c3ccccc3=CC2=C1. The van der Waals surface area contributed by atoms with Crippen molar-refractivity contribution < 1.29 is 4.79 Å². The molecule has 2 heteroatoms. The average molecular weight is 192 g/mol. The lowest BCUT2D eigenvalue weighted by atomic mass is 10.0. The van der Waals surface area contributed by atoms with Crippen LogP contribution in [0.25, 0.3) is 17.2 Å². The fourth-order valence-corrected chi connectivity index (χ4v) is 2.01. The Hall–Kier alpha value is -2.18. The molecule has 0 saturated heterocycles. The van der Waals surface area contributed by atoms with Crippen molar-refractivity contribution >= 4 is 17.4 Å². The molecular weight excluding hydrogens is 184 g/mol. The highest BCUT2D eigenvalue weighted by atomic mass is 14.8. The van der Waals surface area contributed by atoms with E-state index in [1.165, 1.54) is 16.0 Å². The molecule has 0 heterocycles. The van der Waals surface area contributed by atoms with Gasteiger partial charge in [0.05, 0.1) is 0 Å². The molecule has 2 nitrogen and oxygen atoms in total. The van der Waals surface area contributed by atoms with E-state index in [-0.39, 0.29) is 0 Å². The first-order chi connectivity index (χ1) is 7.38. The van der Waals surface area contributed by atoms with Gasteiger partial charge in [0.25, 0.3) is 0 Å². The van der Waals surface area contributed by atoms with E-state index in [4.69, 9.17) is 5.53 Å². The Kier molecular flexibility index (Phi) is 1.58. The second-order valence-electron chi connectivity index (χ2n) is 3.60. The number of nitrogens with zero attached hydrogens (tertiary/aromatic N) is 2. The molecule has 15 heavy (non-hydrogen) atoms. The van der Waals surface area contributed by atoms with Crippen LogP contribution in [0.15, 0.2) is 48.1 Å². The second kappa shape index (κ2) is 2.91. The van der Waals surface area contributed by atoms with Crippen LogP contribution in [-0.2, 0) is 0 Å². The summed E-state index contributed by atoms with van der Waals surface area (Å²) in [5.74, 6) is 0. The molecule has 1 aromatic rings. The summed E-state index contributed by atoms with van der Waals surface area (Å²) in [5.41, 5.74) is 11.6. The minimum Gasteiger partial charge on any atom is -0.361 e. The van der Waals surface area contributed by atoms with Gasteiger partial charge >= 0.3 is 5.71 Å². The lowest BCUT2D eigenvalue weighted by Crippen LogP contribution is -2.21. The van der Waals surface area contributed by atoms with Gasteiger partial charge in [-0.2, -0.15) is 4.79 Å². The minimum atomic E-state index is 0.595. The predicted molar refractivity (Wildman–Crippen MR) is 59.4 cm³/mol. The Morgan fingerprint density at radius 1 is 1.00 bits per heavy atom. The maximum Gasteiger partial charge on any atom is 0.316 e. The first kappa shape index (κ1) is 8.16. The summed E-state index contributed by atoms with van der Waals surface area (Å²) in [6, 6.07) is 8.25. The molecular formula is C13H8N2. The van der Waals surface area contributed by atoms with Crippen LogP contribution < -0.4 is 10.4 Å². The molecule has 0 radical (unpaired) electrons. The number of rotatable bonds is 0. The van der Waals surface area contributed by atoms with E-state index in [0.717, 1.165) is 5.57 Å². The lowest BCUT2D eigenvalue weighted by Gasteiger charge is -2.00. The first-order valence-electron chi connectivity index (χ1n) is 4.82. The van der Waals surface area contributed by atoms with Crippen LogP contribution in [0, 0.1) is 0 Å². The molecule has 0 spiro atoms. The summed E-state index contributed by atoms with van der Waals surface area (Å²) < 4.78 is 0. The smallest absolute Gasteiger partial charge is 0.316 e. The van der Waals surface area contributed by atoms with E-state index in [0.29, 0.717) is 5.71 Å². The van der Waals surface area contributed by atoms with Gasteiger partial charge in [0, 0.05) is 12.2 Å². The van der Waals surface area contributed by atoms with E-state index < -0.39 is 0 Å². The Balaban J connectivity index is 2.41. The molecule has 0 unspecified atom stereocenters. The monoisotopic (exact) mass is 192 g/mol. The van der Waals surface area contributed by atoms with Gasteiger partial charge < -0.3 is 5.53 Å². The number of fused-ring (bicyclic) bond motifs is 2. The molecule has 70 valence electrons. The van der Waals surface area contributed by atoms with Gasteiger partial charge in [0.1, 0.15) is 0 Å². The first-order valence-corrected chi connectivity index (χ1v) is 4.82. The van der Waals surface area contributed by atoms with Crippen LogP contribution in [0.4, 0.5) is 0 Å². The molecule has 0 fully saturated rings. The van der Waals surface area contributed by atoms with E-state index >= 15 is 0 Å². The number of hydrogen-bond acceptors (Lipinski definition) is 0. The zero-order valence-electron chi connectivity index (χ0n) is 8.01. The summed E-state index contributed by atoms with van der Waals surface area (Å²) in [6.07, 6.45) is 7.80. The van der Waals surface area contributed by atoms with E-state index in [2.05, 4.69) is 23.0 Å². The van der Waals surface area contributed by atoms with Crippen molar-refractivity contribution in [2.45, 2.75) is 0 Å². The van der Waals surface area contributed by atoms with Crippen molar-refractivity contribution in [3.8, 4) is 0 Å². The molecule has 1 aromatic carbocycles. The zero-order chi connectivity index (χ0) is 10.3. The van der Waals surface area contributed by atoms with E-state index in [1.54, 1.807) is 0 Å². The second-order valence-corrected chi connectivity index (χ2v) is 3.60. The van der Waals surface area contributed by atoms with Gasteiger partial charge in [-0.25, -0.2) is 0 Å². The number of hydrogen-bond donors (Lipinski definition) is 0. The molecule has 0 saturated carbocycles. The largest absolute Gasteiger partial charge is 0.361 e. The standard InChI is InChI=1S/C13H8N2/c14-15-11-5-6-13-10(8-11)7-9-3-1-2-4-12(9)13/h1-8H. The highest BCUT2D eigenvalue weighted by Crippen LogP contribution is 2.19. The van der Waals surface area contributed by atoms with Gasteiger partial charge in [-0.1, -0.05) is 24.3 Å². The number of benzene rings is 1. The zero-order valence-corrected chi connectivity index (χ0v) is 8.01. The summed E-state index contributed by atoms with van der Waals surface area (Å²) in [7, 11) is 0. The molecule has 0 aliphatic heterocycles. The third-order valence-electron chi connectivity index (χ3n) is 2.71. The van der Waals surface area contributed by atoms with Crippen molar-refractivity contribution in [1.82, 2.24) is 0 Å². The Morgan fingerprint density at radius 3 is 2.73 bits per heavy atom. The minimum absolute atomic E-state index is 0.595. The molecule has 2 aliphatic carbocycles. The summed E-state index contributed by atoms with van der Waals surface area (Å²) >= 11 is 0. The van der Waals surface area contributed by atoms with Crippen LogP contribution in [0.2, 0.25) is 0 Å². The van der Waals surface area contributed by atoms with Gasteiger partial charge in [0.15, 0.2) is 0 Å². The molecule has 0 N–H and O–H groups in total. The fourth-order valence-electron chi connectivity index (χ4n) is 2.01. The maximum absolute atomic E-state index is 8.70. The highest BCUT2D eigenvalue weighted by molar-refractivity contribution is 6.09. The summed E-state index contributed by atoms with van der Waals surface area (Å²) in [4.78, 5) is 3.19. The third-order valence-corrected chi connectivity index (χ3v) is 2.71. The fraction of sp³-hybridized carbons (Fsp3) is 0. The van der Waals surface area contributed by atoms with Crippen molar-refractivity contribution in [2.24, 2.45) is 0 Å². The maximum atomic E-state index is 8.70. The predicted octanol–water partition coefficient (Wildman–Crippen LogP) is 0.798. The van der Waals surface area contributed by atoms with Gasteiger partial charge in [-0.3, -0.25) is 0 Å². The van der Waals surface area contributed by atoms with Crippen molar-refractivity contribution in [1.29, 1.82) is 0 Å². The van der Waals surface area contributed by atoms with E-state index in [9.17, 15) is 0 Å². The highest BCUT2D eigenvalue weighted by Gasteiger charge is 2.15. The van der Waals surface area contributed by atoms with Gasteiger partial charge in [0.2, 0.25) is 0 Å². The van der Waals surface area contributed by atoms with Crippen LogP contribution in [0.3, 0.4) is 0 Å². The topological polar surface area (TPSA) is 36.4 Å². The summed E-state index contributed by atoms with van der Waals surface area (Å²) in [6.45, 7) is 0. The normalized spacial score (nSPS) is 16.4. The Labute approximate surface area is 86.8 Å². The van der Waals surface area contributed by atoms with Crippen LogP contribution in [0.5, 0.6) is 0 Å². The Bertz CT molecular complexity index is 669. The molecule has 0 atom stereocenters. The average Bonchev–Trinajstić information content (AvgIpc) is 2.66. The van der Waals surface area contributed by atoms with Crippen molar-refractivity contribution in [3.05, 3.63) is 64.0 Å². The molecule has 0 bridgehead atoms. The molecule has 2 aliphatic rings. The third kappa shape index (κ3) is 1.13. The van der Waals surface area contributed by atoms with E-state index in [1.807, 2.05) is 30.4 Å².